The highest BCUT2D eigenvalue weighted by molar-refractivity contribution is 7.80. The van der Waals surface area contributed by atoms with Crippen LogP contribution in [-0.4, -0.2) is 39.1 Å². The summed E-state index contributed by atoms with van der Waals surface area (Å²) in [5.74, 6) is 0. The van der Waals surface area contributed by atoms with Gasteiger partial charge < -0.3 is 0 Å². The summed E-state index contributed by atoms with van der Waals surface area (Å²) < 4.78 is 0. The predicted molar refractivity (Wildman–Crippen MR) is 47.5 cm³/mol. The van der Waals surface area contributed by atoms with Gasteiger partial charge in [0, 0.05) is 7.05 Å². The van der Waals surface area contributed by atoms with Gasteiger partial charge in [0.25, 0.3) is 0 Å². The van der Waals surface area contributed by atoms with Crippen molar-refractivity contribution in [2.24, 2.45) is 0 Å². The van der Waals surface area contributed by atoms with Gasteiger partial charge in [-0.15, -0.1) is 0 Å². The Morgan fingerprint density at radius 2 is 2.58 bits per heavy atom. The van der Waals surface area contributed by atoms with Gasteiger partial charge in [-0.3, -0.25) is 4.84 Å². The van der Waals surface area contributed by atoms with Gasteiger partial charge in [-0.25, -0.2) is 5.06 Å². The van der Waals surface area contributed by atoms with E-state index in [1.807, 2.05) is 6.92 Å². The lowest BCUT2D eigenvalue weighted by Gasteiger charge is -2.15. The molecular formula is C6H10N4OS. The van der Waals surface area contributed by atoms with Gasteiger partial charge in [-0.1, -0.05) is 12.2 Å². The minimum atomic E-state index is 0.519. The maximum Gasteiger partial charge on any atom is 0.155 e. The Morgan fingerprint density at radius 1 is 1.83 bits per heavy atom. The molecule has 0 saturated carbocycles. The summed E-state index contributed by atoms with van der Waals surface area (Å²) in [6.45, 7) is 2.47. The van der Waals surface area contributed by atoms with Gasteiger partial charge in [0.05, 0.1) is 12.8 Å². The number of aromatic amines is 1. The van der Waals surface area contributed by atoms with E-state index < -0.39 is 0 Å². The van der Waals surface area contributed by atoms with E-state index in [0.717, 1.165) is 0 Å². The molecule has 0 aromatic carbocycles. The van der Waals surface area contributed by atoms with Crippen molar-refractivity contribution in [2.75, 3.05) is 13.7 Å². The molecule has 66 valence electrons. The van der Waals surface area contributed by atoms with E-state index in [4.69, 9.17) is 17.1 Å². The van der Waals surface area contributed by atoms with Crippen LogP contribution in [0.3, 0.4) is 0 Å². The zero-order chi connectivity index (χ0) is 8.97. The standard InChI is InChI=1S/C6H10N4OS/c1-3-11-10(2)6(12)5-4-7-9-8-5/h4H,3H2,1-2H3,(H,7,8,9). The molecule has 0 spiro atoms. The lowest BCUT2D eigenvalue weighted by atomic mass is 10.5. The molecule has 1 aromatic rings. The first kappa shape index (κ1) is 9.08. The summed E-state index contributed by atoms with van der Waals surface area (Å²) in [5, 5.41) is 11.4. The van der Waals surface area contributed by atoms with Crippen LogP contribution in [-0.2, 0) is 4.84 Å². The average molecular weight is 186 g/mol. The first-order chi connectivity index (χ1) is 5.75. The highest BCUT2D eigenvalue weighted by atomic mass is 32.1. The molecule has 0 bridgehead atoms. The quantitative estimate of drug-likeness (QED) is 0.545. The van der Waals surface area contributed by atoms with Gasteiger partial charge in [-0.2, -0.15) is 15.4 Å². The summed E-state index contributed by atoms with van der Waals surface area (Å²) in [5.41, 5.74) is 0.612. The third kappa shape index (κ3) is 1.99. The molecule has 12 heavy (non-hydrogen) atoms. The van der Waals surface area contributed by atoms with E-state index in [1.165, 1.54) is 5.06 Å². The zero-order valence-corrected chi connectivity index (χ0v) is 7.76. The highest BCUT2D eigenvalue weighted by Crippen LogP contribution is 1.98. The fraction of sp³-hybridized carbons (Fsp3) is 0.500. The van der Waals surface area contributed by atoms with Gasteiger partial charge in [0.2, 0.25) is 0 Å². The van der Waals surface area contributed by atoms with Gasteiger partial charge >= 0.3 is 0 Å². The SMILES string of the molecule is CCON(C)C(=S)c1cn[nH]n1. The number of hydroxylamine groups is 2. The Bertz CT molecular complexity index is 248. The second kappa shape index (κ2) is 4.13. The number of aromatic nitrogens is 3. The highest BCUT2D eigenvalue weighted by Gasteiger charge is 2.09. The summed E-state index contributed by atoms with van der Waals surface area (Å²) in [7, 11) is 1.74. The van der Waals surface area contributed by atoms with Crippen molar-refractivity contribution in [2.45, 2.75) is 6.92 Å². The third-order valence-corrected chi connectivity index (χ3v) is 1.71. The molecule has 0 fully saturated rings. The predicted octanol–water partition coefficient (Wildman–Crippen LogP) is 0.363. The van der Waals surface area contributed by atoms with Crippen LogP contribution in [0, 0.1) is 0 Å². The van der Waals surface area contributed by atoms with E-state index in [9.17, 15) is 0 Å². The van der Waals surface area contributed by atoms with Crippen LogP contribution >= 0.6 is 12.2 Å². The first-order valence-electron chi connectivity index (χ1n) is 3.52. The van der Waals surface area contributed by atoms with E-state index in [2.05, 4.69) is 15.4 Å². The Labute approximate surface area is 75.7 Å². The van der Waals surface area contributed by atoms with Crippen LogP contribution in [0.2, 0.25) is 0 Å². The van der Waals surface area contributed by atoms with Crippen molar-refractivity contribution in [3.8, 4) is 0 Å². The zero-order valence-electron chi connectivity index (χ0n) is 6.94. The monoisotopic (exact) mass is 186 g/mol. The summed E-state index contributed by atoms with van der Waals surface area (Å²) in [6, 6.07) is 0. The number of hydrogen-bond donors (Lipinski definition) is 1. The fourth-order valence-electron chi connectivity index (χ4n) is 0.718. The number of H-pyrrole nitrogens is 1. The van der Waals surface area contributed by atoms with Crippen molar-refractivity contribution in [3.63, 3.8) is 0 Å². The minimum Gasteiger partial charge on any atom is -0.273 e. The second-order valence-electron chi connectivity index (χ2n) is 2.08. The fourth-order valence-corrected chi connectivity index (χ4v) is 0.869. The van der Waals surface area contributed by atoms with Crippen LogP contribution in [0.15, 0.2) is 6.20 Å². The smallest absolute Gasteiger partial charge is 0.155 e. The van der Waals surface area contributed by atoms with Crippen molar-refractivity contribution in [3.05, 3.63) is 11.9 Å². The molecule has 1 N–H and O–H groups in total. The summed E-state index contributed by atoms with van der Waals surface area (Å²) in [6.07, 6.45) is 1.55. The van der Waals surface area contributed by atoms with E-state index >= 15 is 0 Å². The van der Waals surface area contributed by atoms with Crippen LogP contribution in [0.4, 0.5) is 0 Å². The van der Waals surface area contributed by atoms with E-state index in [0.29, 0.717) is 17.3 Å². The Kier molecular flexibility index (Phi) is 3.12. The molecule has 0 saturated heterocycles. The number of thiocarbonyl (C=S) groups is 1. The number of hydrogen-bond acceptors (Lipinski definition) is 4. The summed E-state index contributed by atoms with van der Waals surface area (Å²) >= 11 is 5.04. The molecule has 1 aromatic heterocycles. The lowest BCUT2D eigenvalue weighted by Crippen LogP contribution is -2.26. The molecule has 1 heterocycles. The Hall–Kier alpha value is -1.01. The molecule has 0 radical (unpaired) electrons. The number of nitrogens with zero attached hydrogens (tertiary/aromatic N) is 3. The molecule has 0 amide bonds. The van der Waals surface area contributed by atoms with Crippen molar-refractivity contribution >= 4 is 17.2 Å². The van der Waals surface area contributed by atoms with Gasteiger partial charge in [0.1, 0.15) is 5.69 Å². The molecule has 0 aliphatic heterocycles. The van der Waals surface area contributed by atoms with Gasteiger partial charge in [-0.05, 0) is 6.92 Å². The van der Waals surface area contributed by atoms with E-state index in [-0.39, 0.29) is 0 Å². The molecule has 0 aliphatic rings. The molecule has 6 heteroatoms. The molecule has 0 atom stereocenters. The lowest BCUT2D eigenvalue weighted by molar-refractivity contribution is -0.0700. The van der Waals surface area contributed by atoms with Crippen molar-refractivity contribution in [1.82, 2.24) is 20.5 Å². The maximum absolute atomic E-state index is 5.14. The number of rotatable bonds is 3. The third-order valence-electron chi connectivity index (χ3n) is 1.24. The average Bonchev–Trinajstić information content (AvgIpc) is 2.55. The van der Waals surface area contributed by atoms with Gasteiger partial charge in [0.15, 0.2) is 4.99 Å². The molecule has 0 aliphatic carbocycles. The largest absolute Gasteiger partial charge is 0.273 e. The van der Waals surface area contributed by atoms with Crippen LogP contribution < -0.4 is 0 Å². The summed E-state index contributed by atoms with van der Waals surface area (Å²) in [4.78, 5) is 5.66. The number of nitrogens with one attached hydrogen (secondary N) is 1. The first-order valence-corrected chi connectivity index (χ1v) is 3.93. The minimum absolute atomic E-state index is 0.519. The second-order valence-corrected chi connectivity index (χ2v) is 2.46. The Balaban J connectivity index is 2.59. The maximum atomic E-state index is 5.14. The van der Waals surface area contributed by atoms with Crippen LogP contribution in [0.1, 0.15) is 12.6 Å². The van der Waals surface area contributed by atoms with E-state index in [1.54, 1.807) is 13.2 Å². The topological polar surface area (TPSA) is 54.0 Å². The molecular weight excluding hydrogens is 176 g/mol. The van der Waals surface area contributed by atoms with Crippen LogP contribution in [0.25, 0.3) is 0 Å². The van der Waals surface area contributed by atoms with Crippen molar-refractivity contribution in [1.29, 1.82) is 0 Å². The van der Waals surface area contributed by atoms with Crippen LogP contribution in [0.5, 0.6) is 0 Å². The molecule has 1 rings (SSSR count). The molecule has 5 nitrogen and oxygen atoms in total. The van der Waals surface area contributed by atoms with Crippen molar-refractivity contribution < 1.29 is 4.84 Å². The molecule has 0 unspecified atom stereocenters. The normalized spacial score (nSPS) is 9.83. The Morgan fingerprint density at radius 3 is 3.08 bits per heavy atom.